The maximum Gasteiger partial charge on any atom is 0.407 e. The van der Waals surface area contributed by atoms with Gasteiger partial charge in [-0.15, -0.1) is 0 Å². The van der Waals surface area contributed by atoms with E-state index in [0.717, 1.165) is 11.1 Å². The van der Waals surface area contributed by atoms with Crippen molar-refractivity contribution in [3.05, 3.63) is 71.8 Å². The first kappa shape index (κ1) is 24.2. The molecule has 33 heavy (non-hydrogen) atoms. The summed E-state index contributed by atoms with van der Waals surface area (Å²) in [5, 5.41) is 11.7. The van der Waals surface area contributed by atoms with Gasteiger partial charge in [-0.3, -0.25) is 9.59 Å². The van der Waals surface area contributed by atoms with E-state index in [2.05, 4.69) is 37.0 Å². The summed E-state index contributed by atoms with van der Waals surface area (Å²) in [6.07, 6.45) is -0.515. The van der Waals surface area contributed by atoms with Gasteiger partial charge in [-0.05, 0) is 27.1 Å². The van der Waals surface area contributed by atoms with Crippen LogP contribution in [0.2, 0.25) is 0 Å². The average Bonchev–Trinajstić information content (AvgIpc) is 3.26. The minimum Gasteiger partial charge on any atom is -0.445 e. The molecule has 10 heteroatoms. The smallest absolute Gasteiger partial charge is 0.407 e. The number of amides is 3. The number of alkyl carbamates (subject to hydrolysis) is 1. The number of hydrogen-bond acceptors (Lipinski definition) is 6. The van der Waals surface area contributed by atoms with E-state index in [-0.39, 0.29) is 32.3 Å². The summed E-state index contributed by atoms with van der Waals surface area (Å²) in [7, 11) is 0. The zero-order valence-electron chi connectivity index (χ0n) is 17.8. The highest BCUT2D eigenvalue weighted by Crippen LogP contribution is 2.13. The van der Waals surface area contributed by atoms with E-state index in [1.54, 1.807) is 0 Å². The van der Waals surface area contributed by atoms with Crippen molar-refractivity contribution in [2.45, 2.75) is 25.7 Å². The van der Waals surface area contributed by atoms with Crippen molar-refractivity contribution in [2.24, 2.45) is 11.1 Å². The lowest BCUT2D eigenvalue weighted by molar-refractivity contribution is -0.135. The van der Waals surface area contributed by atoms with Crippen LogP contribution < -0.4 is 16.0 Å². The van der Waals surface area contributed by atoms with E-state index in [1.165, 1.54) is 0 Å². The number of carbonyl (C=O) groups is 3. The zero-order valence-corrected chi connectivity index (χ0v) is 19.4. The molecule has 2 aromatic rings. The van der Waals surface area contributed by atoms with Crippen molar-refractivity contribution < 1.29 is 24.0 Å². The van der Waals surface area contributed by atoms with Crippen LogP contribution in [0.1, 0.15) is 17.5 Å². The van der Waals surface area contributed by atoms with Crippen molar-refractivity contribution in [1.29, 1.82) is 0 Å². The summed E-state index contributed by atoms with van der Waals surface area (Å²) in [5.74, 6) is -2.19. The standard InChI is InChI=1S/C23H25BrN4O5/c24-20-11-18(33-28-20)13-26-22(30)19(21(29)25-12-16-7-3-1-4-8-16)14-27-23(31)32-15-17-9-5-2-6-10-17/h1-10,18-19H,11-15H2,(H,25,29)(H,26,30)(H,27,31)/t18-,19?/m0/s1. The van der Waals surface area contributed by atoms with Gasteiger partial charge in [0.2, 0.25) is 11.8 Å². The van der Waals surface area contributed by atoms with Gasteiger partial charge in [0.25, 0.3) is 0 Å². The summed E-state index contributed by atoms with van der Waals surface area (Å²) < 4.78 is 5.82. The molecule has 3 N–H and O–H groups in total. The molecule has 0 bridgehead atoms. The van der Waals surface area contributed by atoms with E-state index in [9.17, 15) is 14.4 Å². The molecule has 0 aliphatic carbocycles. The maximum absolute atomic E-state index is 12.8. The number of nitrogens with zero attached hydrogens (tertiary/aromatic N) is 1. The van der Waals surface area contributed by atoms with Crippen LogP contribution in [0, 0.1) is 5.92 Å². The van der Waals surface area contributed by atoms with Crippen molar-refractivity contribution in [3.63, 3.8) is 0 Å². The second kappa shape index (κ2) is 12.6. The normalized spacial score (nSPS) is 15.5. The number of rotatable bonds is 10. The van der Waals surface area contributed by atoms with Gasteiger partial charge in [-0.2, -0.15) is 0 Å². The molecule has 1 aliphatic rings. The molecule has 174 valence electrons. The fraction of sp³-hybridized carbons (Fsp3) is 0.304. The van der Waals surface area contributed by atoms with Crippen LogP contribution in [-0.4, -0.2) is 41.7 Å². The molecule has 3 amide bonds. The second-order valence-corrected chi connectivity index (χ2v) is 8.26. The third-order valence-corrected chi connectivity index (χ3v) is 5.28. The Labute approximate surface area is 200 Å². The molecular weight excluding hydrogens is 492 g/mol. The molecule has 3 rings (SSSR count). The van der Waals surface area contributed by atoms with E-state index < -0.39 is 23.8 Å². The van der Waals surface area contributed by atoms with Gasteiger partial charge in [0, 0.05) is 19.5 Å². The number of ether oxygens (including phenoxy) is 1. The second-order valence-electron chi connectivity index (χ2n) is 7.34. The lowest BCUT2D eigenvalue weighted by Gasteiger charge is -2.18. The molecule has 0 aromatic heterocycles. The minimum atomic E-state index is -1.15. The van der Waals surface area contributed by atoms with Gasteiger partial charge in [-0.25, -0.2) is 4.79 Å². The first-order valence-electron chi connectivity index (χ1n) is 10.4. The summed E-state index contributed by atoms with van der Waals surface area (Å²) in [5.41, 5.74) is 1.72. The molecule has 1 unspecified atom stereocenters. The van der Waals surface area contributed by atoms with Crippen molar-refractivity contribution >= 4 is 38.5 Å². The molecule has 0 radical (unpaired) electrons. The lowest BCUT2D eigenvalue weighted by atomic mass is 10.1. The SMILES string of the molecule is O=C(NCC(C(=O)NCc1ccccc1)C(=O)NC[C@@H]1CC(Br)=NO1)OCc1ccccc1. The fourth-order valence-corrected chi connectivity index (χ4v) is 3.46. The highest BCUT2D eigenvalue weighted by Gasteiger charge is 2.29. The first-order valence-corrected chi connectivity index (χ1v) is 11.2. The topological polar surface area (TPSA) is 118 Å². The number of nitrogens with one attached hydrogen (secondary N) is 3. The molecule has 1 aliphatic heterocycles. The van der Waals surface area contributed by atoms with E-state index in [1.807, 2.05) is 60.7 Å². The number of benzene rings is 2. The van der Waals surface area contributed by atoms with Crippen molar-refractivity contribution in [2.75, 3.05) is 13.1 Å². The Morgan fingerprint density at radius 1 is 0.970 bits per heavy atom. The molecule has 9 nitrogen and oxygen atoms in total. The summed E-state index contributed by atoms with van der Waals surface area (Å²) in [6, 6.07) is 18.5. The van der Waals surface area contributed by atoms with E-state index >= 15 is 0 Å². The molecular formula is C23H25BrN4O5. The van der Waals surface area contributed by atoms with Gasteiger partial charge in [0.15, 0.2) is 6.10 Å². The number of oxime groups is 1. The number of carbonyl (C=O) groups excluding carboxylic acids is 3. The average molecular weight is 517 g/mol. The molecule has 1 heterocycles. The van der Waals surface area contributed by atoms with Crippen LogP contribution in [-0.2, 0) is 32.3 Å². The molecule has 0 spiro atoms. The quantitative estimate of drug-likeness (QED) is 0.419. The predicted molar refractivity (Wildman–Crippen MR) is 125 cm³/mol. The highest BCUT2D eigenvalue weighted by molar-refractivity contribution is 9.18. The Hall–Kier alpha value is -3.40. The largest absolute Gasteiger partial charge is 0.445 e. The van der Waals surface area contributed by atoms with Crippen LogP contribution in [0.25, 0.3) is 0 Å². The van der Waals surface area contributed by atoms with Crippen LogP contribution in [0.15, 0.2) is 65.8 Å². The molecule has 2 aromatic carbocycles. The van der Waals surface area contributed by atoms with Gasteiger partial charge >= 0.3 is 6.09 Å². The van der Waals surface area contributed by atoms with Crippen molar-refractivity contribution in [1.82, 2.24) is 16.0 Å². The van der Waals surface area contributed by atoms with Gasteiger partial charge < -0.3 is 25.5 Å². The summed E-state index contributed by atoms with van der Waals surface area (Å²) in [6.45, 7) is 0.302. The Bertz CT molecular complexity index is 971. The molecule has 2 atom stereocenters. The molecule has 0 fully saturated rings. The molecule has 0 saturated heterocycles. The Morgan fingerprint density at radius 2 is 1.61 bits per heavy atom. The third kappa shape index (κ3) is 8.23. The first-order chi connectivity index (χ1) is 16.0. The van der Waals surface area contributed by atoms with Gasteiger partial charge in [-0.1, -0.05) is 65.8 Å². The lowest BCUT2D eigenvalue weighted by Crippen LogP contribution is -2.48. The van der Waals surface area contributed by atoms with Crippen LogP contribution in [0.3, 0.4) is 0 Å². The maximum atomic E-state index is 12.8. The number of halogens is 1. The van der Waals surface area contributed by atoms with Crippen LogP contribution in [0.5, 0.6) is 0 Å². The van der Waals surface area contributed by atoms with Crippen molar-refractivity contribution in [3.8, 4) is 0 Å². The van der Waals surface area contributed by atoms with Gasteiger partial charge in [0.1, 0.15) is 17.1 Å². The van der Waals surface area contributed by atoms with Crippen LogP contribution in [0.4, 0.5) is 4.79 Å². The summed E-state index contributed by atoms with van der Waals surface area (Å²) >= 11 is 3.24. The summed E-state index contributed by atoms with van der Waals surface area (Å²) in [4.78, 5) is 42.8. The minimum absolute atomic E-state index is 0.0810. The third-order valence-electron chi connectivity index (χ3n) is 4.81. The van der Waals surface area contributed by atoms with Crippen LogP contribution >= 0.6 is 15.9 Å². The Morgan fingerprint density at radius 3 is 2.24 bits per heavy atom. The highest BCUT2D eigenvalue weighted by atomic mass is 79.9. The predicted octanol–water partition coefficient (Wildman–Crippen LogP) is 2.46. The zero-order chi connectivity index (χ0) is 23.5. The number of hydrogen-bond donors (Lipinski definition) is 3. The van der Waals surface area contributed by atoms with E-state index in [0.29, 0.717) is 11.0 Å². The van der Waals surface area contributed by atoms with E-state index in [4.69, 9.17) is 9.57 Å². The fourth-order valence-electron chi connectivity index (χ4n) is 3.01. The van der Waals surface area contributed by atoms with Gasteiger partial charge in [0.05, 0.1) is 6.54 Å². The Kier molecular flexibility index (Phi) is 9.25. The monoisotopic (exact) mass is 516 g/mol. The molecule has 0 saturated carbocycles. The Balaban J connectivity index is 1.53.